The molecule has 1 N–H and O–H groups in total. The molecule has 0 aromatic heterocycles. The Morgan fingerprint density at radius 1 is 1.31 bits per heavy atom. The summed E-state index contributed by atoms with van der Waals surface area (Å²) in [7, 11) is 1.75. The maximum Gasteiger partial charge on any atom is 0.223 e. The third kappa shape index (κ3) is 3.80. The monoisotopic (exact) mass is 225 g/mol. The predicted molar refractivity (Wildman–Crippen MR) is 68.2 cm³/mol. The van der Waals surface area contributed by atoms with Crippen molar-refractivity contribution in [2.24, 2.45) is 17.3 Å². The summed E-state index contributed by atoms with van der Waals surface area (Å²) in [4.78, 5) is 11.9. The van der Waals surface area contributed by atoms with Crippen LogP contribution in [-0.4, -0.2) is 13.0 Å². The first kappa shape index (κ1) is 13.5. The SMILES string of the molecule is CNC(=O)C(CCC1CCCC1)C(C)(C)C. The number of amides is 1. The van der Waals surface area contributed by atoms with Gasteiger partial charge in [-0.25, -0.2) is 0 Å². The average molecular weight is 225 g/mol. The van der Waals surface area contributed by atoms with Crippen molar-refractivity contribution in [3.63, 3.8) is 0 Å². The van der Waals surface area contributed by atoms with Crippen LogP contribution in [0.5, 0.6) is 0 Å². The molecule has 0 aromatic rings. The first-order valence-corrected chi connectivity index (χ1v) is 6.66. The second-order valence-corrected chi connectivity index (χ2v) is 6.26. The van der Waals surface area contributed by atoms with Gasteiger partial charge < -0.3 is 5.32 Å². The van der Waals surface area contributed by atoms with Crippen molar-refractivity contribution in [3.8, 4) is 0 Å². The van der Waals surface area contributed by atoms with Crippen LogP contribution in [0.25, 0.3) is 0 Å². The fraction of sp³-hybridized carbons (Fsp3) is 0.929. The van der Waals surface area contributed by atoms with Gasteiger partial charge in [0.1, 0.15) is 0 Å². The van der Waals surface area contributed by atoms with E-state index in [1.165, 1.54) is 32.1 Å². The fourth-order valence-corrected chi connectivity index (χ4v) is 2.83. The molecule has 0 radical (unpaired) electrons. The second kappa shape index (κ2) is 5.70. The van der Waals surface area contributed by atoms with Crippen molar-refractivity contribution in [3.05, 3.63) is 0 Å². The first-order valence-electron chi connectivity index (χ1n) is 6.66. The van der Waals surface area contributed by atoms with Crippen LogP contribution in [0, 0.1) is 17.3 Å². The highest BCUT2D eigenvalue weighted by Crippen LogP contribution is 2.35. The number of carbonyl (C=O) groups is 1. The lowest BCUT2D eigenvalue weighted by Gasteiger charge is -2.30. The molecule has 94 valence electrons. The minimum absolute atomic E-state index is 0.0820. The molecule has 2 heteroatoms. The topological polar surface area (TPSA) is 29.1 Å². The van der Waals surface area contributed by atoms with E-state index in [0.29, 0.717) is 0 Å². The average Bonchev–Trinajstić information content (AvgIpc) is 2.68. The summed E-state index contributed by atoms with van der Waals surface area (Å²) < 4.78 is 0. The molecule has 1 aliphatic rings. The van der Waals surface area contributed by atoms with E-state index in [-0.39, 0.29) is 17.2 Å². The van der Waals surface area contributed by atoms with Crippen LogP contribution in [0.1, 0.15) is 59.3 Å². The summed E-state index contributed by atoms with van der Waals surface area (Å²) >= 11 is 0. The smallest absolute Gasteiger partial charge is 0.223 e. The summed E-state index contributed by atoms with van der Waals surface area (Å²) in [6.45, 7) is 6.50. The van der Waals surface area contributed by atoms with E-state index in [0.717, 1.165) is 12.3 Å². The van der Waals surface area contributed by atoms with E-state index in [9.17, 15) is 4.79 Å². The van der Waals surface area contributed by atoms with Gasteiger partial charge in [-0.2, -0.15) is 0 Å². The fourth-order valence-electron chi connectivity index (χ4n) is 2.83. The normalized spacial score (nSPS) is 19.8. The second-order valence-electron chi connectivity index (χ2n) is 6.26. The molecule has 1 rings (SSSR count). The van der Waals surface area contributed by atoms with E-state index in [1.807, 2.05) is 0 Å². The first-order chi connectivity index (χ1) is 7.45. The molecule has 1 aliphatic carbocycles. The Morgan fingerprint density at radius 3 is 2.31 bits per heavy atom. The molecule has 0 aromatic carbocycles. The van der Waals surface area contributed by atoms with Crippen molar-refractivity contribution in [1.29, 1.82) is 0 Å². The van der Waals surface area contributed by atoms with Gasteiger partial charge in [-0.15, -0.1) is 0 Å². The molecule has 0 aliphatic heterocycles. The van der Waals surface area contributed by atoms with Crippen molar-refractivity contribution in [2.75, 3.05) is 7.05 Å². The lowest BCUT2D eigenvalue weighted by molar-refractivity contribution is -0.128. The highest BCUT2D eigenvalue weighted by molar-refractivity contribution is 5.79. The Kier molecular flexibility index (Phi) is 4.82. The van der Waals surface area contributed by atoms with Gasteiger partial charge in [0.25, 0.3) is 0 Å². The van der Waals surface area contributed by atoms with Gasteiger partial charge in [0.2, 0.25) is 5.91 Å². The van der Waals surface area contributed by atoms with Crippen LogP contribution in [0.2, 0.25) is 0 Å². The predicted octanol–water partition coefficient (Wildman–Crippen LogP) is 3.37. The third-order valence-corrected chi connectivity index (χ3v) is 3.95. The molecule has 1 fully saturated rings. The van der Waals surface area contributed by atoms with Gasteiger partial charge in [-0.3, -0.25) is 4.79 Å². The van der Waals surface area contributed by atoms with Crippen molar-refractivity contribution < 1.29 is 4.79 Å². The molecular formula is C14H27NO. The van der Waals surface area contributed by atoms with E-state index in [2.05, 4.69) is 26.1 Å². The van der Waals surface area contributed by atoms with Gasteiger partial charge in [-0.1, -0.05) is 46.5 Å². The van der Waals surface area contributed by atoms with Crippen LogP contribution in [0.15, 0.2) is 0 Å². The molecule has 16 heavy (non-hydrogen) atoms. The molecule has 1 amide bonds. The van der Waals surface area contributed by atoms with E-state index < -0.39 is 0 Å². The summed E-state index contributed by atoms with van der Waals surface area (Å²) in [5, 5.41) is 2.81. The summed E-state index contributed by atoms with van der Waals surface area (Å²) in [5.41, 5.74) is 0.0820. The van der Waals surface area contributed by atoms with Gasteiger partial charge >= 0.3 is 0 Å². The Morgan fingerprint density at radius 2 is 1.88 bits per heavy atom. The Bertz CT molecular complexity index is 223. The standard InChI is InChI=1S/C14H27NO/c1-14(2,3)12(13(16)15-4)10-9-11-7-5-6-8-11/h11-12H,5-10H2,1-4H3,(H,15,16). The molecule has 0 spiro atoms. The largest absolute Gasteiger partial charge is 0.359 e. The van der Waals surface area contributed by atoms with Crippen LogP contribution >= 0.6 is 0 Å². The van der Waals surface area contributed by atoms with E-state index >= 15 is 0 Å². The van der Waals surface area contributed by atoms with Gasteiger partial charge in [0.05, 0.1) is 0 Å². The van der Waals surface area contributed by atoms with Gasteiger partial charge in [0.15, 0.2) is 0 Å². The molecule has 1 unspecified atom stereocenters. The minimum atomic E-state index is 0.0820. The summed E-state index contributed by atoms with van der Waals surface area (Å²) in [5.74, 6) is 1.26. The summed E-state index contributed by atoms with van der Waals surface area (Å²) in [6.07, 6.45) is 7.83. The molecule has 1 atom stereocenters. The minimum Gasteiger partial charge on any atom is -0.359 e. The molecule has 1 saturated carbocycles. The maximum absolute atomic E-state index is 11.9. The van der Waals surface area contributed by atoms with Crippen LogP contribution < -0.4 is 5.32 Å². The Balaban J connectivity index is 2.46. The highest BCUT2D eigenvalue weighted by Gasteiger charge is 2.31. The van der Waals surface area contributed by atoms with Crippen molar-refractivity contribution >= 4 is 5.91 Å². The molecule has 2 nitrogen and oxygen atoms in total. The highest BCUT2D eigenvalue weighted by atomic mass is 16.1. The quantitative estimate of drug-likeness (QED) is 0.781. The molecule has 0 saturated heterocycles. The Labute approximate surface area is 100 Å². The summed E-state index contributed by atoms with van der Waals surface area (Å²) in [6, 6.07) is 0. The zero-order valence-electron chi connectivity index (χ0n) is 11.3. The number of nitrogens with one attached hydrogen (secondary N) is 1. The molecule has 0 heterocycles. The van der Waals surface area contributed by atoms with Gasteiger partial charge in [0, 0.05) is 13.0 Å². The number of hydrogen-bond acceptors (Lipinski definition) is 1. The van der Waals surface area contributed by atoms with Crippen molar-refractivity contribution in [2.45, 2.75) is 59.3 Å². The number of carbonyl (C=O) groups excluding carboxylic acids is 1. The van der Waals surface area contributed by atoms with Gasteiger partial charge in [-0.05, 0) is 24.2 Å². The van der Waals surface area contributed by atoms with Crippen LogP contribution in [-0.2, 0) is 4.79 Å². The lowest BCUT2D eigenvalue weighted by Crippen LogP contribution is -2.36. The Hall–Kier alpha value is -0.530. The number of hydrogen-bond donors (Lipinski definition) is 1. The van der Waals surface area contributed by atoms with Crippen molar-refractivity contribution in [1.82, 2.24) is 5.32 Å². The van der Waals surface area contributed by atoms with E-state index in [4.69, 9.17) is 0 Å². The maximum atomic E-state index is 11.9. The zero-order chi connectivity index (χ0) is 12.2. The zero-order valence-corrected chi connectivity index (χ0v) is 11.3. The number of rotatable bonds is 4. The molecule has 0 bridgehead atoms. The van der Waals surface area contributed by atoms with Crippen LogP contribution in [0.4, 0.5) is 0 Å². The third-order valence-electron chi connectivity index (χ3n) is 3.95. The lowest BCUT2D eigenvalue weighted by atomic mass is 9.76. The van der Waals surface area contributed by atoms with E-state index in [1.54, 1.807) is 7.05 Å². The molecular weight excluding hydrogens is 198 g/mol. The van der Waals surface area contributed by atoms with Crippen LogP contribution in [0.3, 0.4) is 0 Å².